The number of hydrogen-bond acceptors (Lipinski definition) is 2. The van der Waals surface area contributed by atoms with E-state index in [9.17, 15) is 4.79 Å². The summed E-state index contributed by atoms with van der Waals surface area (Å²) >= 11 is 0. The molecule has 1 aromatic carbocycles. The number of rotatable bonds is 5. The van der Waals surface area contributed by atoms with Crippen LogP contribution >= 0.6 is 0 Å². The van der Waals surface area contributed by atoms with E-state index in [1.807, 2.05) is 0 Å². The van der Waals surface area contributed by atoms with Crippen molar-refractivity contribution < 1.29 is 14.6 Å². The first-order valence-electron chi connectivity index (χ1n) is 6.91. The molecular formula is C16H22O3. The molecule has 1 aromatic rings. The quantitative estimate of drug-likeness (QED) is 0.882. The lowest BCUT2D eigenvalue weighted by atomic mass is 9.79. The van der Waals surface area contributed by atoms with Crippen LogP contribution in [0.15, 0.2) is 18.2 Å². The standard InChI is InChI=1S/C16H22O3/c1-11(2)13-5-4-12(3)14(10-13)16(8-9-19-16)7-6-15(17)18/h4-5,10-11H,6-9H2,1-3H3,(H,17,18). The second-order valence-corrected chi connectivity index (χ2v) is 5.72. The highest BCUT2D eigenvalue weighted by molar-refractivity contribution is 5.66. The maximum atomic E-state index is 10.8. The monoisotopic (exact) mass is 262 g/mol. The van der Waals surface area contributed by atoms with Crippen LogP contribution in [0.2, 0.25) is 0 Å². The van der Waals surface area contributed by atoms with Crippen LogP contribution in [0, 0.1) is 6.92 Å². The van der Waals surface area contributed by atoms with Gasteiger partial charge in [-0.2, -0.15) is 0 Å². The van der Waals surface area contributed by atoms with E-state index < -0.39 is 5.97 Å². The van der Waals surface area contributed by atoms with Crippen molar-refractivity contribution in [2.24, 2.45) is 0 Å². The molecule has 3 nitrogen and oxygen atoms in total. The summed E-state index contributed by atoms with van der Waals surface area (Å²) in [7, 11) is 0. The molecule has 0 spiro atoms. The van der Waals surface area contributed by atoms with Crippen molar-refractivity contribution >= 4 is 5.97 Å². The normalized spacial score (nSPS) is 22.3. The van der Waals surface area contributed by atoms with Crippen molar-refractivity contribution in [3.8, 4) is 0 Å². The fourth-order valence-electron chi connectivity index (χ4n) is 2.69. The van der Waals surface area contributed by atoms with Crippen LogP contribution in [0.25, 0.3) is 0 Å². The topological polar surface area (TPSA) is 46.5 Å². The molecule has 1 fully saturated rings. The predicted octanol–water partition coefficient (Wildman–Crippen LogP) is 3.60. The van der Waals surface area contributed by atoms with Gasteiger partial charge in [-0.1, -0.05) is 32.0 Å². The summed E-state index contributed by atoms with van der Waals surface area (Å²) in [6.07, 6.45) is 1.64. The van der Waals surface area contributed by atoms with Gasteiger partial charge in [-0.3, -0.25) is 4.79 Å². The Bertz CT molecular complexity index is 473. The first-order valence-corrected chi connectivity index (χ1v) is 6.91. The lowest BCUT2D eigenvalue weighted by molar-refractivity contribution is -0.166. The van der Waals surface area contributed by atoms with Crippen LogP contribution in [0.4, 0.5) is 0 Å². The minimum Gasteiger partial charge on any atom is -0.481 e. The Morgan fingerprint density at radius 2 is 2.16 bits per heavy atom. The number of hydrogen-bond donors (Lipinski definition) is 1. The fraction of sp³-hybridized carbons (Fsp3) is 0.562. The van der Waals surface area contributed by atoms with E-state index in [0.29, 0.717) is 12.3 Å². The summed E-state index contributed by atoms with van der Waals surface area (Å²) in [6.45, 7) is 7.13. The van der Waals surface area contributed by atoms with Crippen LogP contribution in [0.5, 0.6) is 0 Å². The van der Waals surface area contributed by atoms with E-state index in [4.69, 9.17) is 9.84 Å². The van der Waals surface area contributed by atoms with E-state index in [-0.39, 0.29) is 12.0 Å². The van der Waals surface area contributed by atoms with Crippen molar-refractivity contribution in [3.63, 3.8) is 0 Å². The molecule has 1 saturated heterocycles. The minimum atomic E-state index is -0.757. The van der Waals surface area contributed by atoms with Crippen molar-refractivity contribution in [3.05, 3.63) is 34.9 Å². The molecule has 2 rings (SSSR count). The number of aliphatic carboxylic acids is 1. The summed E-state index contributed by atoms with van der Waals surface area (Å²) in [5.74, 6) is -0.288. The number of ether oxygens (including phenoxy) is 1. The van der Waals surface area contributed by atoms with Crippen LogP contribution in [0.3, 0.4) is 0 Å². The summed E-state index contributed by atoms with van der Waals surface area (Å²) < 4.78 is 5.81. The van der Waals surface area contributed by atoms with Gasteiger partial charge in [0.1, 0.15) is 0 Å². The van der Waals surface area contributed by atoms with Gasteiger partial charge in [0.05, 0.1) is 12.2 Å². The fourth-order valence-corrected chi connectivity index (χ4v) is 2.69. The van der Waals surface area contributed by atoms with Gasteiger partial charge >= 0.3 is 5.97 Å². The molecule has 0 amide bonds. The lowest BCUT2D eigenvalue weighted by Crippen LogP contribution is -2.42. The minimum absolute atomic E-state index is 0.158. The largest absolute Gasteiger partial charge is 0.481 e. The second-order valence-electron chi connectivity index (χ2n) is 5.72. The van der Waals surface area contributed by atoms with Crippen molar-refractivity contribution in [2.75, 3.05) is 6.61 Å². The maximum Gasteiger partial charge on any atom is 0.303 e. The molecule has 3 heteroatoms. The van der Waals surface area contributed by atoms with Crippen molar-refractivity contribution in [2.45, 2.75) is 51.6 Å². The molecule has 0 radical (unpaired) electrons. The molecule has 0 bridgehead atoms. The lowest BCUT2D eigenvalue weighted by Gasteiger charge is -2.43. The highest BCUT2D eigenvalue weighted by Crippen LogP contribution is 2.43. The van der Waals surface area contributed by atoms with Crippen LogP contribution < -0.4 is 0 Å². The van der Waals surface area contributed by atoms with Gasteiger partial charge in [0.2, 0.25) is 0 Å². The molecule has 104 valence electrons. The Labute approximate surface area is 114 Å². The van der Waals surface area contributed by atoms with Gasteiger partial charge in [-0.25, -0.2) is 0 Å². The molecule has 0 aliphatic carbocycles. The molecule has 1 heterocycles. The first-order chi connectivity index (χ1) is 8.94. The third-order valence-electron chi connectivity index (χ3n) is 4.05. The highest BCUT2D eigenvalue weighted by atomic mass is 16.5. The molecule has 1 aliphatic heterocycles. The Kier molecular flexibility index (Phi) is 3.95. The summed E-state index contributed by atoms with van der Waals surface area (Å²) in [5.41, 5.74) is 3.28. The molecule has 1 aliphatic rings. The number of carboxylic acids is 1. The smallest absolute Gasteiger partial charge is 0.303 e. The zero-order valence-corrected chi connectivity index (χ0v) is 11.9. The van der Waals surface area contributed by atoms with Gasteiger partial charge in [-0.15, -0.1) is 0 Å². The number of aryl methyl sites for hydroxylation is 1. The van der Waals surface area contributed by atoms with E-state index in [1.165, 1.54) is 16.7 Å². The van der Waals surface area contributed by atoms with Gasteiger partial charge in [-0.05, 0) is 36.0 Å². The maximum absolute atomic E-state index is 10.8. The summed E-state index contributed by atoms with van der Waals surface area (Å²) in [6, 6.07) is 6.46. The Morgan fingerprint density at radius 1 is 1.47 bits per heavy atom. The first kappa shape index (κ1) is 14.1. The van der Waals surface area contributed by atoms with Crippen molar-refractivity contribution in [1.29, 1.82) is 0 Å². The second kappa shape index (κ2) is 5.33. The predicted molar refractivity (Wildman–Crippen MR) is 74.4 cm³/mol. The zero-order chi connectivity index (χ0) is 14.0. The van der Waals surface area contributed by atoms with E-state index in [1.54, 1.807) is 0 Å². The Hall–Kier alpha value is -1.35. The third-order valence-corrected chi connectivity index (χ3v) is 4.05. The van der Waals surface area contributed by atoms with Crippen molar-refractivity contribution in [1.82, 2.24) is 0 Å². The number of carboxylic acid groups (broad SMARTS) is 1. The van der Waals surface area contributed by atoms with Crippen LogP contribution in [-0.4, -0.2) is 17.7 Å². The zero-order valence-electron chi connectivity index (χ0n) is 11.9. The molecular weight excluding hydrogens is 240 g/mol. The molecule has 0 aromatic heterocycles. The molecule has 1 unspecified atom stereocenters. The van der Waals surface area contributed by atoms with E-state index in [0.717, 1.165) is 13.0 Å². The Balaban J connectivity index is 2.31. The van der Waals surface area contributed by atoms with Crippen LogP contribution in [-0.2, 0) is 15.1 Å². The number of benzene rings is 1. The average Bonchev–Trinajstić information content (AvgIpc) is 2.29. The van der Waals surface area contributed by atoms with Gasteiger partial charge in [0, 0.05) is 12.8 Å². The molecule has 19 heavy (non-hydrogen) atoms. The van der Waals surface area contributed by atoms with Crippen LogP contribution in [0.1, 0.15) is 55.7 Å². The molecule has 0 saturated carbocycles. The summed E-state index contributed by atoms with van der Waals surface area (Å²) in [4.78, 5) is 10.8. The molecule has 1 atom stereocenters. The van der Waals surface area contributed by atoms with E-state index >= 15 is 0 Å². The highest BCUT2D eigenvalue weighted by Gasteiger charge is 2.41. The summed E-state index contributed by atoms with van der Waals surface area (Å²) in [5, 5.41) is 8.90. The van der Waals surface area contributed by atoms with Gasteiger partial charge < -0.3 is 9.84 Å². The van der Waals surface area contributed by atoms with Gasteiger partial charge in [0.25, 0.3) is 0 Å². The average molecular weight is 262 g/mol. The van der Waals surface area contributed by atoms with Gasteiger partial charge in [0.15, 0.2) is 0 Å². The molecule has 1 N–H and O–H groups in total. The SMILES string of the molecule is Cc1ccc(C(C)C)cc1C1(CCC(=O)O)CCO1. The van der Waals surface area contributed by atoms with E-state index in [2.05, 4.69) is 39.0 Å². The number of carbonyl (C=O) groups is 1. The third kappa shape index (κ3) is 2.81. The Morgan fingerprint density at radius 3 is 2.63 bits per heavy atom.